The lowest BCUT2D eigenvalue weighted by molar-refractivity contribution is -0.385. The summed E-state index contributed by atoms with van der Waals surface area (Å²) in [6.45, 7) is 0. The molecule has 3 rings (SSSR count). The predicted octanol–water partition coefficient (Wildman–Crippen LogP) is 3.91. The minimum atomic E-state index is -0.598. The van der Waals surface area contributed by atoms with Gasteiger partial charge in [0.15, 0.2) is 4.32 Å². The molecule has 0 spiro atoms. The Hall–Kier alpha value is -3.11. The molecule has 0 aromatic heterocycles. The Kier molecular flexibility index (Phi) is 4.78. The Morgan fingerprint density at radius 3 is 2.19 bits per heavy atom. The maximum absolute atomic E-state index is 12.7. The molecular weight excluding hydrogens is 378 g/mol. The van der Waals surface area contributed by atoms with Crippen LogP contribution < -0.4 is 4.90 Å². The Morgan fingerprint density at radius 1 is 0.962 bits per heavy atom. The van der Waals surface area contributed by atoms with Gasteiger partial charge in [0.05, 0.1) is 20.3 Å². The number of benzene rings is 2. The normalized spacial score (nSPS) is 15.5. The number of amides is 1. The number of hydrogen-bond donors (Lipinski definition) is 0. The zero-order chi connectivity index (χ0) is 18.8. The number of hydrogen-bond acceptors (Lipinski definition) is 7. The van der Waals surface area contributed by atoms with Crippen molar-refractivity contribution in [2.75, 3.05) is 4.90 Å². The molecule has 10 heteroatoms. The zero-order valence-corrected chi connectivity index (χ0v) is 14.5. The lowest BCUT2D eigenvalue weighted by atomic mass is 10.1. The lowest BCUT2D eigenvalue weighted by Gasteiger charge is -2.14. The molecule has 26 heavy (non-hydrogen) atoms. The average molecular weight is 387 g/mol. The molecule has 130 valence electrons. The molecule has 0 saturated carbocycles. The van der Waals surface area contributed by atoms with Crippen LogP contribution in [-0.4, -0.2) is 20.1 Å². The number of anilines is 1. The summed E-state index contributed by atoms with van der Waals surface area (Å²) in [7, 11) is 0. The molecule has 0 aliphatic carbocycles. The second-order valence-corrected chi connectivity index (χ2v) is 6.75. The third kappa shape index (κ3) is 3.19. The second-order valence-electron chi connectivity index (χ2n) is 5.08. The highest BCUT2D eigenvalue weighted by Gasteiger charge is 2.37. The standard InChI is InChI=1S/C16H9N3O5S2/c20-15-14(9-10-5-1-2-6-11(10)18(21)22)26-16(25)17(15)12-7-3-4-8-13(12)19(23)24/h1-9H/b14-9-. The van der Waals surface area contributed by atoms with E-state index in [4.69, 9.17) is 12.2 Å². The molecule has 1 heterocycles. The molecule has 8 nitrogen and oxygen atoms in total. The maximum atomic E-state index is 12.7. The van der Waals surface area contributed by atoms with E-state index in [0.29, 0.717) is 0 Å². The SMILES string of the molecule is O=C1/C(=C/c2ccccc2[N+](=O)[O-])SC(=S)N1c1ccccc1[N+](=O)[O-]. The summed E-state index contributed by atoms with van der Waals surface area (Å²) in [5.41, 5.74) is -0.0919. The molecular formula is C16H9N3O5S2. The van der Waals surface area contributed by atoms with Crippen molar-refractivity contribution in [2.45, 2.75) is 0 Å². The summed E-state index contributed by atoms with van der Waals surface area (Å²) < 4.78 is 0.120. The van der Waals surface area contributed by atoms with E-state index in [0.717, 1.165) is 16.7 Å². The Balaban J connectivity index is 2.04. The third-order valence-electron chi connectivity index (χ3n) is 3.53. The summed E-state index contributed by atoms with van der Waals surface area (Å²) in [6.07, 6.45) is 1.37. The van der Waals surface area contributed by atoms with Gasteiger partial charge in [-0.2, -0.15) is 0 Å². The molecule has 0 unspecified atom stereocenters. The van der Waals surface area contributed by atoms with Gasteiger partial charge in [0.2, 0.25) is 0 Å². The monoisotopic (exact) mass is 387 g/mol. The fourth-order valence-corrected chi connectivity index (χ4v) is 3.68. The first kappa shape index (κ1) is 17.7. The van der Waals surface area contributed by atoms with Crippen LogP contribution in [0.3, 0.4) is 0 Å². The molecule has 0 bridgehead atoms. The van der Waals surface area contributed by atoms with Gasteiger partial charge in [0.1, 0.15) is 5.69 Å². The van der Waals surface area contributed by atoms with E-state index in [2.05, 4.69) is 0 Å². The van der Waals surface area contributed by atoms with Gasteiger partial charge in [-0.3, -0.25) is 29.9 Å². The maximum Gasteiger partial charge on any atom is 0.293 e. The summed E-state index contributed by atoms with van der Waals surface area (Å²) >= 11 is 6.13. The number of nitro groups is 2. The number of thioether (sulfide) groups is 1. The molecule has 1 fully saturated rings. The van der Waals surface area contributed by atoms with Crippen molar-refractivity contribution >= 4 is 57.3 Å². The molecule has 0 N–H and O–H groups in total. The van der Waals surface area contributed by atoms with E-state index < -0.39 is 15.8 Å². The van der Waals surface area contributed by atoms with Crippen LogP contribution in [0.2, 0.25) is 0 Å². The van der Waals surface area contributed by atoms with Gasteiger partial charge in [-0.1, -0.05) is 48.2 Å². The molecule has 2 aromatic carbocycles. The highest BCUT2D eigenvalue weighted by Crippen LogP contribution is 2.40. The zero-order valence-electron chi connectivity index (χ0n) is 12.9. The smallest absolute Gasteiger partial charge is 0.268 e. The van der Waals surface area contributed by atoms with E-state index in [-0.39, 0.29) is 31.9 Å². The minimum Gasteiger partial charge on any atom is -0.268 e. The van der Waals surface area contributed by atoms with Crippen LogP contribution in [0, 0.1) is 20.2 Å². The van der Waals surface area contributed by atoms with Crippen molar-refractivity contribution in [1.82, 2.24) is 0 Å². The van der Waals surface area contributed by atoms with Gasteiger partial charge in [0, 0.05) is 12.1 Å². The van der Waals surface area contributed by atoms with E-state index in [1.165, 1.54) is 42.5 Å². The molecule has 1 aliphatic rings. The lowest BCUT2D eigenvalue weighted by Crippen LogP contribution is -2.28. The Bertz CT molecular complexity index is 989. The van der Waals surface area contributed by atoms with Crippen LogP contribution >= 0.6 is 24.0 Å². The van der Waals surface area contributed by atoms with Gasteiger partial charge < -0.3 is 0 Å². The van der Waals surface area contributed by atoms with Gasteiger partial charge in [0.25, 0.3) is 17.3 Å². The number of para-hydroxylation sites is 3. The fraction of sp³-hybridized carbons (Fsp3) is 0. The summed E-state index contributed by atoms with van der Waals surface area (Å²) in [6, 6.07) is 11.7. The van der Waals surface area contributed by atoms with E-state index in [9.17, 15) is 25.0 Å². The van der Waals surface area contributed by atoms with Crippen molar-refractivity contribution in [1.29, 1.82) is 0 Å². The Labute approximate surface area is 156 Å². The first-order valence-corrected chi connectivity index (χ1v) is 8.37. The van der Waals surface area contributed by atoms with E-state index >= 15 is 0 Å². The number of nitro benzene ring substituents is 2. The van der Waals surface area contributed by atoms with Gasteiger partial charge in [-0.15, -0.1) is 0 Å². The topological polar surface area (TPSA) is 107 Å². The largest absolute Gasteiger partial charge is 0.293 e. The second kappa shape index (κ2) is 7.02. The van der Waals surface area contributed by atoms with Crippen molar-refractivity contribution in [2.24, 2.45) is 0 Å². The quantitative estimate of drug-likeness (QED) is 0.339. The molecule has 0 atom stereocenters. The number of nitrogens with zero attached hydrogens (tertiary/aromatic N) is 3. The molecule has 0 radical (unpaired) electrons. The molecule has 1 aliphatic heterocycles. The van der Waals surface area contributed by atoms with Crippen LogP contribution in [0.25, 0.3) is 6.08 Å². The van der Waals surface area contributed by atoms with E-state index in [1.54, 1.807) is 12.1 Å². The predicted molar refractivity (Wildman–Crippen MR) is 102 cm³/mol. The number of rotatable bonds is 4. The minimum absolute atomic E-state index is 0.0611. The highest BCUT2D eigenvalue weighted by atomic mass is 32.2. The Morgan fingerprint density at radius 2 is 1.54 bits per heavy atom. The van der Waals surface area contributed by atoms with Gasteiger partial charge in [-0.05, 0) is 18.2 Å². The van der Waals surface area contributed by atoms with E-state index in [1.807, 2.05) is 0 Å². The van der Waals surface area contributed by atoms with Gasteiger partial charge in [-0.25, -0.2) is 0 Å². The fourth-order valence-electron chi connectivity index (χ4n) is 2.40. The van der Waals surface area contributed by atoms with Gasteiger partial charge >= 0.3 is 0 Å². The van der Waals surface area contributed by atoms with Crippen LogP contribution in [0.4, 0.5) is 17.1 Å². The molecule has 1 amide bonds. The summed E-state index contributed by atoms with van der Waals surface area (Å²) in [4.78, 5) is 35.1. The highest BCUT2D eigenvalue weighted by molar-refractivity contribution is 8.27. The number of carbonyl (C=O) groups is 1. The molecule has 2 aromatic rings. The van der Waals surface area contributed by atoms with Crippen molar-refractivity contribution < 1.29 is 14.6 Å². The first-order valence-electron chi connectivity index (χ1n) is 7.15. The summed E-state index contributed by atoms with van der Waals surface area (Å²) in [5.74, 6) is -0.563. The number of carbonyl (C=O) groups excluding carboxylic acids is 1. The van der Waals surface area contributed by atoms with Crippen LogP contribution in [-0.2, 0) is 4.79 Å². The third-order valence-corrected chi connectivity index (χ3v) is 4.84. The summed E-state index contributed by atoms with van der Waals surface area (Å²) in [5, 5.41) is 22.3. The first-order chi connectivity index (χ1) is 12.4. The van der Waals surface area contributed by atoms with Crippen LogP contribution in [0.1, 0.15) is 5.56 Å². The van der Waals surface area contributed by atoms with Crippen LogP contribution in [0.5, 0.6) is 0 Å². The van der Waals surface area contributed by atoms with Crippen molar-refractivity contribution in [3.8, 4) is 0 Å². The van der Waals surface area contributed by atoms with Crippen molar-refractivity contribution in [3.63, 3.8) is 0 Å². The van der Waals surface area contributed by atoms with Crippen molar-refractivity contribution in [3.05, 3.63) is 79.2 Å². The number of thiocarbonyl (C=S) groups is 1. The molecule has 1 saturated heterocycles. The van der Waals surface area contributed by atoms with Crippen LogP contribution in [0.15, 0.2) is 53.4 Å². The average Bonchev–Trinajstić information content (AvgIpc) is 2.88.